The summed E-state index contributed by atoms with van der Waals surface area (Å²) in [5.41, 5.74) is 0.580. The van der Waals surface area contributed by atoms with Gasteiger partial charge in [-0.25, -0.2) is 4.79 Å². The van der Waals surface area contributed by atoms with E-state index >= 15 is 0 Å². The van der Waals surface area contributed by atoms with E-state index in [1.54, 1.807) is 31.2 Å². The third-order valence-corrected chi connectivity index (χ3v) is 3.19. The lowest BCUT2D eigenvalue weighted by Crippen LogP contribution is -2.38. The Morgan fingerprint density at radius 2 is 2.00 bits per heavy atom. The third-order valence-electron chi connectivity index (χ3n) is 2.94. The van der Waals surface area contributed by atoms with Gasteiger partial charge in [0.1, 0.15) is 6.04 Å². The van der Waals surface area contributed by atoms with Gasteiger partial charge in [-0.1, -0.05) is 18.5 Å². The number of carbonyl (C=O) groups excluding carboxylic acids is 1. The van der Waals surface area contributed by atoms with Crippen LogP contribution in [-0.4, -0.2) is 23.0 Å². The Labute approximate surface area is 104 Å². The third kappa shape index (κ3) is 2.13. The zero-order chi connectivity index (χ0) is 12.6. The smallest absolute Gasteiger partial charge is 0.326 e. The lowest BCUT2D eigenvalue weighted by atomic mass is 10.1. The number of hydrogen-bond donors (Lipinski definition) is 1. The van der Waals surface area contributed by atoms with Crippen LogP contribution in [0.4, 0.5) is 5.69 Å². The van der Waals surface area contributed by atoms with E-state index in [1.807, 2.05) is 0 Å². The molecule has 1 saturated heterocycles. The molecule has 2 rings (SSSR count). The van der Waals surface area contributed by atoms with Crippen molar-refractivity contribution in [2.75, 3.05) is 4.90 Å². The summed E-state index contributed by atoms with van der Waals surface area (Å²) >= 11 is 5.76. The van der Waals surface area contributed by atoms with Crippen LogP contribution in [0, 0.1) is 5.92 Å². The fourth-order valence-electron chi connectivity index (χ4n) is 2.05. The highest BCUT2D eigenvalue weighted by molar-refractivity contribution is 6.30. The number of anilines is 1. The summed E-state index contributed by atoms with van der Waals surface area (Å²) < 4.78 is 0. The fraction of sp³-hybridized carbons (Fsp3) is 0.333. The molecule has 1 amide bonds. The van der Waals surface area contributed by atoms with Crippen LogP contribution in [0.3, 0.4) is 0 Å². The lowest BCUT2D eigenvalue weighted by Gasteiger charge is -2.21. The molecule has 1 aromatic carbocycles. The highest BCUT2D eigenvalue weighted by Gasteiger charge is 2.41. The summed E-state index contributed by atoms with van der Waals surface area (Å²) in [5, 5.41) is 9.67. The molecule has 1 N–H and O–H groups in total. The van der Waals surface area contributed by atoms with Crippen molar-refractivity contribution in [2.45, 2.75) is 19.4 Å². The van der Waals surface area contributed by atoms with Gasteiger partial charge in [-0.15, -0.1) is 0 Å². The summed E-state index contributed by atoms with van der Waals surface area (Å²) in [7, 11) is 0. The van der Waals surface area contributed by atoms with Crippen LogP contribution >= 0.6 is 11.6 Å². The Morgan fingerprint density at radius 1 is 1.41 bits per heavy atom. The highest BCUT2D eigenvalue weighted by atomic mass is 35.5. The van der Waals surface area contributed by atoms with Crippen LogP contribution in [0.25, 0.3) is 0 Å². The SMILES string of the molecule is C[C@H]1C[C@H](C(=O)O)N(c2ccc(Cl)cc2)C1=O. The van der Waals surface area contributed by atoms with Crippen molar-refractivity contribution in [3.05, 3.63) is 29.3 Å². The molecular formula is C12H12ClNO3. The molecule has 1 aromatic rings. The van der Waals surface area contributed by atoms with Crippen LogP contribution in [0.5, 0.6) is 0 Å². The summed E-state index contributed by atoms with van der Waals surface area (Å²) in [4.78, 5) is 24.4. The lowest BCUT2D eigenvalue weighted by molar-refractivity contribution is -0.138. The van der Waals surface area contributed by atoms with Gasteiger partial charge >= 0.3 is 5.97 Å². The number of halogens is 1. The van der Waals surface area contributed by atoms with Gasteiger partial charge in [-0.3, -0.25) is 9.69 Å². The van der Waals surface area contributed by atoms with Crippen molar-refractivity contribution in [3.8, 4) is 0 Å². The number of carbonyl (C=O) groups is 2. The Hall–Kier alpha value is -1.55. The average Bonchev–Trinajstić information content (AvgIpc) is 2.57. The molecule has 2 atom stereocenters. The predicted molar refractivity (Wildman–Crippen MR) is 64.1 cm³/mol. The molecule has 0 saturated carbocycles. The van der Waals surface area contributed by atoms with Crippen LogP contribution in [0.1, 0.15) is 13.3 Å². The van der Waals surface area contributed by atoms with Gasteiger partial charge in [0.25, 0.3) is 0 Å². The molecule has 0 aromatic heterocycles. The molecule has 0 spiro atoms. The second kappa shape index (κ2) is 4.37. The minimum atomic E-state index is -0.974. The number of hydrogen-bond acceptors (Lipinski definition) is 2. The van der Waals surface area contributed by atoms with E-state index < -0.39 is 12.0 Å². The molecule has 0 unspecified atom stereocenters. The summed E-state index contributed by atoms with van der Waals surface area (Å²) in [5.74, 6) is -1.39. The molecule has 1 aliphatic heterocycles. The summed E-state index contributed by atoms with van der Waals surface area (Å²) in [6.07, 6.45) is 0.344. The molecule has 1 aliphatic rings. The van der Waals surface area contributed by atoms with E-state index in [-0.39, 0.29) is 11.8 Å². The summed E-state index contributed by atoms with van der Waals surface area (Å²) in [6, 6.07) is 5.83. The Bertz CT molecular complexity index is 457. The first-order valence-electron chi connectivity index (χ1n) is 5.32. The average molecular weight is 254 g/mol. The van der Waals surface area contributed by atoms with E-state index in [0.29, 0.717) is 17.1 Å². The van der Waals surface area contributed by atoms with Crippen molar-refractivity contribution in [1.29, 1.82) is 0 Å². The monoisotopic (exact) mass is 253 g/mol. The van der Waals surface area contributed by atoms with Crippen molar-refractivity contribution in [3.63, 3.8) is 0 Å². The molecule has 1 fully saturated rings. The molecule has 1 heterocycles. The van der Waals surface area contributed by atoms with Crippen molar-refractivity contribution in [1.82, 2.24) is 0 Å². The Kier molecular flexibility index (Phi) is 3.07. The van der Waals surface area contributed by atoms with E-state index in [1.165, 1.54) is 4.90 Å². The number of rotatable bonds is 2. The molecule has 0 aliphatic carbocycles. The minimum Gasteiger partial charge on any atom is -0.480 e. The first-order chi connectivity index (χ1) is 8.00. The van der Waals surface area contributed by atoms with Gasteiger partial charge < -0.3 is 5.11 Å². The normalized spacial score (nSPS) is 24.1. The first kappa shape index (κ1) is 11.9. The van der Waals surface area contributed by atoms with Crippen LogP contribution in [-0.2, 0) is 9.59 Å². The molecule has 17 heavy (non-hydrogen) atoms. The second-order valence-electron chi connectivity index (χ2n) is 4.18. The zero-order valence-electron chi connectivity index (χ0n) is 9.26. The summed E-state index contributed by atoms with van der Waals surface area (Å²) in [6.45, 7) is 1.74. The second-order valence-corrected chi connectivity index (χ2v) is 4.61. The molecular weight excluding hydrogens is 242 g/mol. The number of nitrogens with zero attached hydrogens (tertiary/aromatic N) is 1. The van der Waals surface area contributed by atoms with Gasteiger partial charge in [0.05, 0.1) is 0 Å². The minimum absolute atomic E-state index is 0.153. The maximum Gasteiger partial charge on any atom is 0.326 e. The topological polar surface area (TPSA) is 57.6 Å². The number of carboxylic acid groups (broad SMARTS) is 1. The zero-order valence-corrected chi connectivity index (χ0v) is 10.0. The predicted octanol–water partition coefficient (Wildman–Crippen LogP) is 2.17. The van der Waals surface area contributed by atoms with Crippen molar-refractivity contribution >= 4 is 29.2 Å². The number of amides is 1. The van der Waals surface area contributed by atoms with Crippen molar-refractivity contribution < 1.29 is 14.7 Å². The van der Waals surface area contributed by atoms with Gasteiger partial charge in [0, 0.05) is 16.6 Å². The quantitative estimate of drug-likeness (QED) is 0.879. The first-order valence-corrected chi connectivity index (χ1v) is 5.70. The van der Waals surface area contributed by atoms with E-state index in [4.69, 9.17) is 16.7 Å². The Morgan fingerprint density at radius 3 is 2.53 bits per heavy atom. The molecule has 0 radical (unpaired) electrons. The standard InChI is InChI=1S/C12H12ClNO3/c1-7-6-10(12(16)17)14(11(7)15)9-4-2-8(13)3-5-9/h2-5,7,10H,6H2,1H3,(H,16,17)/t7-,10+/m0/s1. The van der Waals surface area contributed by atoms with E-state index in [2.05, 4.69) is 0 Å². The number of benzene rings is 1. The molecule has 0 bridgehead atoms. The van der Waals surface area contributed by atoms with Crippen LogP contribution in [0.2, 0.25) is 5.02 Å². The maximum atomic E-state index is 11.9. The van der Waals surface area contributed by atoms with E-state index in [9.17, 15) is 9.59 Å². The maximum absolute atomic E-state index is 11.9. The largest absolute Gasteiger partial charge is 0.480 e. The molecule has 5 heteroatoms. The fourth-order valence-corrected chi connectivity index (χ4v) is 2.18. The van der Waals surface area contributed by atoms with E-state index in [0.717, 1.165) is 0 Å². The van der Waals surface area contributed by atoms with Crippen LogP contribution in [0.15, 0.2) is 24.3 Å². The van der Waals surface area contributed by atoms with Gasteiger partial charge in [0.15, 0.2) is 0 Å². The number of carboxylic acids is 1. The molecule has 4 nitrogen and oxygen atoms in total. The van der Waals surface area contributed by atoms with Gasteiger partial charge in [-0.2, -0.15) is 0 Å². The highest BCUT2D eigenvalue weighted by Crippen LogP contribution is 2.31. The van der Waals surface area contributed by atoms with Crippen molar-refractivity contribution in [2.24, 2.45) is 5.92 Å². The van der Waals surface area contributed by atoms with Crippen LogP contribution < -0.4 is 4.90 Å². The van der Waals surface area contributed by atoms with Gasteiger partial charge in [-0.05, 0) is 30.7 Å². The molecule has 90 valence electrons. The van der Waals surface area contributed by atoms with Gasteiger partial charge in [0.2, 0.25) is 5.91 Å². The number of aliphatic carboxylic acids is 1. The Balaban J connectivity index is 2.37.